The Balaban J connectivity index is 2.77. The van der Waals surface area contributed by atoms with Gasteiger partial charge in [-0.25, -0.2) is 4.98 Å². The molecule has 0 aliphatic rings. The summed E-state index contributed by atoms with van der Waals surface area (Å²) in [6, 6.07) is 3.77. The quantitative estimate of drug-likeness (QED) is 0.769. The number of thiocarbonyl (C=S) groups is 1. The Kier molecular flexibility index (Phi) is 3.63. The molecule has 0 aliphatic carbocycles. The molecule has 82 valence electrons. The van der Waals surface area contributed by atoms with Crippen molar-refractivity contribution in [3.63, 3.8) is 0 Å². The summed E-state index contributed by atoms with van der Waals surface area (Å²) in [6.07, 6.45) is 2.72. The first-order valence-corrected chi connectivity index (χ1v) is 5.39. The van der Waals surface area contributed by atoms with Crippen LogP contribution in [0.3, 0.4) is 0 Å². The molecule has 15 heavy (non-hydrogen) atoms. The molecule has 0 saturated carbocycles. The van der Waals surface area contributed by atoms with E-state index in [-0.39, 0.29) is 5.54 Å². The first-order chi connectivity index (χ1) is 6.94. The number of nitrogens with two attached hydrogens (primary N) is 1. The average Bonchev–Trinajstić information content (AvgIpc) is 2.18. The van der Waals surface area contributed by atoms with Gasteiger partial charge in [0.2, 0.25) is 0 Å². The van der Waals surface area contributed by atoms with Gasteiger partial charge in [-0.15, -0.1) is 0 Å². The van der Waals surface area contributed by atoms with Gasteiger partial charge in [-0.3, -0.25) is 0 Å². The Labute approximate surface area is 96.1 Å². The van der Waals surface area contributed by atoms with E-state index in [2.05, 4.69) is 31.1 Å². The largest absolute Gasteiger partial charge is 0.389 e. The van der Waals surface area contributed by atoms with Crippen LogP contribution >= 0.6 is 12.2 Å². The molecule has 1 aromatic heterocycles. The second kappa shape index (κ2) is 4.57. The summed E-state index contributed by atoms with van der Waals surface area (Å²) < 4.78 is 0. The number of pyridine rings is 1. The number of rotatable bonds is 4. The maximum absolute atomic E-state index is 5.49. The van der Waals surface area contributed by atoms with Crippen molar-refractivity contribution >= 4 is 23.0 Å². The molecule has 0 fully saturated rings. The van der Waals surface area contributed by atoms with E-state index < -0.39 is 0 Å². The highest BCUT2D eigenvalue weighted by molar-refractivity contribution is 7.80. The Bertz CT molecular complexity index is 343. The van der Waals surface area contributed by atoms with Gasteiger partial charge in [-0.05, 0) is 32.4 Å². The number of aromatic nitrogens is 1. The SMILES string of the molecule is CCC(C)(C)Nc1ccc(C(N)=S)cn1. The third-order valence-corrected chi connectivity index (χ3v) is 2.63. The van der Waals surface area contributed by atoms with Crippen molar-refractivity contribution in [2.45, 2.75) is 32.7 Å². The van der Waals surface area contributed by atoms with Crippen LogP contribution in [0.1, 0.15) is 32.8 Å². The monoisotopic (exact) mass is 223 g/mol. The van der Waals surface area contributed by atoms with Crippen molar-refractivity contribution in [1.82, 2.24) is 4.98 Å². The molecule has 0 atom stereocenters. The van der Waals surface area contributed by atoms with Crippen LogP contribution in [0.15, 0.2) is 18.3 Å². The number of anilines is 1. The minimum Gasteiger partial charge on any atom is -0.389 e. The molecule has 0 aliphatic heterocycles. The molecular weight excluding hydrogens is 206 g/mol. The van der Waals surface area contributed by atoms with Crippen molar-refractivity contribution < 1.29 is 0 Å². The summed E-state index contributed by atoms with van der Waals surface area (Å²) in [5, 5.41) is 3.34. The number of hydrogen-bond acceptors (Lipinski definition) is 3. The third-order valence-electron chi connectivity index (χ3n) is 2.40. The van der Waals surface area contributed by atoms with Crippen LogP contribution in [0.25, 0.3) is 0 Å². The third kappa shape index (κ3) is 3.47. The van der Waals surface area contributed by atoms with Gasteiger partial charge in [0.05, 0.1) is 0 Å². The summed E-state index contributed by atoms with van der Waals surface area (Å²) in [5.74, 6) is 0.849. The van der Waals surface area contributed by atoms with Crippen molar-refractivity contribution in [2.24, 2.45) is 5.73 Å². The van der Waals surface area contributed by atoms with Gasteiger partial charge in [0, 0.05) is 17.3 Å². The number of nitrogens with zero attached hydrogens (tertiary/aromatic N) is 1. The van der Waals surface area contributed by atoms with Gasteiger partial charge >= 0.3 is 0 Å². The van der Waals surface area contributed by atoms with E-state index in [4.69, 9.17) is 18.0 Å². The van der Waals surface area contributed by atoms with Crippen LogP contribution in [0.4, 0.5) is 5.82 Å². The Morgan fingerprint density at radius 2 is 2.20 bits per heavy atom. The van der Waals surface area contributed by atoms with E-state index in [1.165, 1.54) is 0 Å². The van der Waals surface area contributed by atoms with Gasteiger partial charge in [0.1, 0.15) is 10.8 Å². The molecule has 0 bridgehead atoms. The molecule has 1 heterocycles. The first-order valence-electron chi connectivity index (χ1n) is 4.98. The zero-order chi connectivity index (χ0) is 11.5. The fourth-order valence-corrected chi connectivity index (χ4v) is 1.17. The highest BCUT2D eigenvalue weighted by atomic mass is 32.1. The topological polar surface area (TPSA) is 50.9 Å². The summed E-state index contributed by atoms with van der Waals surface area (Å²) in [5.41, 5.74) is 6.34. The Hall–Kier alpha value is -1.16. The van der Waals surface area contributed by atoms with Crippen LogP contribution in [-0.4, -0.2) is 15.5 Å². The normalized spacial score (nSPS) is 11.1. The minimum atomic E-state index is 0.0533. The maximum Gasteiger partial charge on any atom is 0.126 e. The highest BCUT2D eigenvalue weighted by Crippen LogP contribution is 2.15. The van der Waals surface area contributed by atoms with Gasteiger partial charge in [-0.2, -0.15) is 0 Å². The molecule has 3 N–H and O–H groups in total. The lowest BCUT2D eigenvalue weighted by atomic mass is 10.0. The van der Waals surface area contributed by atoms with Crippen molar-refractivity contribution in [3.05, 3.63) is 23.9 Å². The summed E-state index contributed by atoms with van der Waals surface area (Å²) in [7, 11) is 0. The summed E-state index contributed by atoms with van der Waals surface area (Å²) in [4.78, 5) is 4.63. The molecule has 1 rings (SSSR count). The van der Waals surface area contributed by atoms with Gasteiger partial charge in [-0.1, -0.05) is 19.1 Å². The highest BCUT2D eigenvalue weighted by Gasteiger charge is 2.14. The van der Waals surface area contributed by atoms with Crippen molar-refractivity contribution in [1.29, 1.82) is 0 Å². The Morgan fingerprint density at radius 1 is 1.53 bits per heavy atom. The first kappa shape index (κ1) is 11.9. The predicted molar refractivity (Wildman–Crippen MR) is 68.1 cm³/mol. The van der Waals surface area contributed by atoms with Crippen LogP contribution in [0.2, 0.25) is 0 Å². The molecule has 1 aromatic rings. The van der Waals surface area contributed by atoms with E-state index >= 15 is 0 Å². The lowest BCUT2D eigenvalue weighted by Gasteiger charge is -2.25. The lowest BCUT2D eigenvalue weighted by Crippen LogP contribution is -2.30. The molecule has 4 heteroatoms. The molecule has 3 nitrogen and oxygen atoms in total. The zero-order valence-electron chi connectivity index (χ0n) is 9.37. The lowest BCUT2D eigenvalue weighted by molar-refractivity contribution is 0.545. The molecule has 0 aromatic carbocycles. The van der Waals surface area contributed by atoms with Crippen LogP contribution in [0.5, 0.6) is 0 Å². The maximum atomic E-state index is 5.49. The van der Waals surface area contributed by atoms with E-state index in [0.717, 1.165) is 17.8 Å². The number of nitrogens with one attached hydrogen (secondary N) is 1. The molecule has 0 amide bonds. The summed E-state index contributed by atoms with van der Waals surface area (Å²) >= 11 is 4.86. The predicted octanol–water partition coefficient (Wildman–Crippen LogP) is 2.32. The van der Waals surface area contributed by atoms with Crippen LogP contribution in [0, 0.1) is 0 Å². The van der Waals surface area contributed by atoms with Crippen molar-refractivity contribution in [3.8, 4) is 0 Å². The average molecular weight is 223 g/mol. The van der Waals surface area contributed by atoms with E-state index in [1.54, 1.807) is 6.20 Å². The fraction of sp³-hybridized carbons (Fsp3) is 0.455. The molecule has 0 radical (unpaired) electrons. The van der Waals surface area contributed by atoms with E-state index in [9.17, 15) is 0 Å². The smallest absolute Gasteiger partial charge is 0.126 e. The van der Waals surface area contributed by atoms with Crippen LogP contribution in [-0.2, 0) is 0 Å². The fourth-order valence-electron chi connectivity index (χ4n) is 1.05. The van der Waals surface area contributed by atoms with Crippen molar-refractivity contribution in [2.75, 3.05) is 5.32 Å². The van der Waals surface area contributed by atoms with Gasteiger partial charge in [0.15, 0.2) is 0 Å². The number of hydrogen-bond donors (Lipinski definition) is 2. The van der Waals surface area contributed by atoms with Crippen LogP contribution < -0.4 is 11.1 Å². The molecule has 0 unspecified atom stereocenters. The van der Waals surface area contributed by atoms with Gasteiger partial charge < -0.3 is 11.1 Å². The van der Waals surface area contributed by atoms with E-state index in [1.807, 2.05) is 12.1 Å². The zero-order valence-corrected chi connectivity index (χ0v) is 10.2. The molecule has 0 spiro atoms. The van der Waals surface area contributed by atoms with E-state index in [0.29, 0.717) is 4.99 Å². The minimum absolute atomic E-state index is 0.0533. The second-order valence-electron chi connectivity index (χ2n) is 4.16. The summed E-state index contributed by atoms with van der Waals surface area (Å²) in [6.45, 7) is 6.41. The van der Waals surface area contributed by atoms with Gasteiger partial charge in [0.25, 0.3) is 0 Å². The second-order valence-corrected chi connectivity index (χ2v) is 4.60. The molecular formula is C11H17N3S. The molecule has 0 saturated heterocycles. The Morgan fingerprint density at radius 3 is 2.60 bits per heavy atom. The standard InChI is InChI=1S/C11H17N3S/c1-4-11(2,3)14-9-6-5-8(7-13-9)10(12)15/h5-7H,4H2,1-3H3,(H2,12,15)(H,13,14).